The highest BCUT2D eigenvalue weighted by Crippen LogP contribution is 2.22. The van der Waals surface area contributed by atoms with Crippen LogP contribution in [0, 0.1) is 11.6 Å². The number of rotatable bonds is 3. The van der Waals surface area contributed by atoms with Crippen LogP contribution in [0.5, 0.6) is 0 Å². The Hall–Kier alpha value is -3.09. The number of benzene rings is 2. The van der Waals surface area contributed by atoms with Crippen LogP contribution >= 0.6 is 0 Å². The Morgan fingerprint density at radius 1 is 1.11 bits per heavy atom. The summed E-state index contributed by atoms with van der Waals surface area (Å²) in [5.41, 5.74) is 2.29. The zero-order chi connectivity index (χ0) is 18.8. The van der Waals surface area contributed by atoms with E-state index < -0.39 is 11.6 Å². The van der Waals surface area contributed by atoms with Gasteiger partial charge < -0.3 is 10.2 Å². The van der Waals surface area contributed by atoms with Crippen molar-refractivity contribution in [2.24, 2.45) is 0 Å². The van der Waals surface area contributed by atoms with Gasteiger partial charge in [-0.1, -0.05) is 6.07 Å². The number of nitrogens with one attached hydrogen (secondary N) is 1. The van der Waals surface area contributed by atoms with Crippen molar-refractivity contribution in [3.8, 4) is 0 Å². The number of carbonyl (C=O) groups excluding carboxylic acids is 1. The van der Waals surface area contributed by atoms with Crippen LogP contribution in [0.15, 0.2) is 48.8 Å². The number of aromatic nitrogens is 2. The lowest BCUT2D eigenvalue weighted by molar-refractivity contribution is 0.0716. The second-order valence-electron chi connectivity index (χ2n) is 6.59. The average Bonchev–Trinajstić information content (AvgIpc) is 2.70. The van der Waals surface area contributed by atoms with Crippen LogP contribution in [-0.4, -0.2) is 39.9 Å². The number of para-hydroxylation sites is 1. The van der Waals surface area contributed by atoms with Crippen LogP contribution in [0.1, 0.15) is 23.2 Å². The summed E-state index contributed by atoms with van der Waals surface area (Å²) >= 11 is 0. The highest BCUT2D eigenvalue weighted by Gasteiger charge is 2.26. The predicted molar refractivity (Wildman–Crippen MR) is 98.4 cm³/mol. The molecule has 0 radical (unpaired) electrons. The third-order valence-electron chi connectivity index (χ3n) is 4.73. The number of piperidine rings is 1. The van der Waals surface area contributed by atoms with Crippen molar-refractivity contribution in [3.05, 3.63) is 66.0 Å². The lowest BCUT2D eigenvalue weighted by Gasteiger charge is -2.34. The molecule has 2 aromatic carbocycles. The van der Waals surface area contributed by atoms with Crippen molar-refractivity contribution in [1.82, 2.24) is 14.9 Å². The Balaban J connectivity index is 1.52. The third-order valence-corrected chi connectivity index (χ3v) is 4.73. The summed E-state index contributed by atoms with van der Waals surface area (Å²) in [5.74, 6) is -1.87. The topological polar surface area (TPSA) is 58.1 Å². The van der Waals surface area contributed by atoms with Crippen LogP contribution in [0.2, 0.25) is 0 Å². The zero-order valence-electron chi connectivity index (χ0n) is 14.5. The van der Waals surface area contributed by atoms with Gasteiger partial charge in [-0.2, -0.15) is 0 Å². The Labute approximate surface area is 155 Å². The minimum absolute atomic E-state index is 0.0337. The molecule has 0 saturated carbocycles. The van der Waals surface area contributed by atoms with Crippen LogP contribution in [0.3, 0.4) is 0 Å². The number of halogens is 2. The molecule has 1 fully saturated rings. The van der Waals surface area contributed by atoms with Gasteiger partial charge >= 0.3 is 0 Å². The van der Waals surface area contributed by atoms with Crippen molar-refractivity contribution in [3.63, 3.8) is 0 Å². The summed E-state index contributed by atoms with van der Waals surface area (Å²) < 4.78 is 26.5. The van der Waals surface area contributed by atoms with Crippen LogP contribution in [0.4, 0.5) is 14.5 Å². The van der Waals surface area contributed by atoms with Gasteiger partial charge in [0, 0.05) is 43.3 Å². The second kappa shape index (κ2) is 7.26. The fourth-order valence-corrected chi connectivity index (χ4v) is 3.44. The number of amides is 1. The van der Waals surface area contributed by atoms with Gasteiger partial charge in [0.2, 0.25) is 0 Å². The van der Waals surface area contributed by atoms with Gasteiger partial charge in [0.15, 0.2) is 11.6 Å². The summed E-state index contributed by atoms with van der Waals surface area (Å²) in [6.07, 6.45) is 4.84. The first-order valence-corrected chi connectivity index (χ1v) is 8.82. The molecule has 1 amide bonds. The maximum absolute atomic E-state index is 13.4. The van der Waals surface area contributed by atoms with Gasteiger partial charge in [0.1, 0.15) is 5.52 Å². The SMILES string of the molecule is O=C(c1cccc2nccnc12)N1CCC[C@H](Nc2ccc(F)c(F)c2)C1. The Kier molecular flexibility index (Phi) is 4.66. The molecule has 0 aliphatic carbocycles. The molecular formula is C20H18F2N4O. The average molecular weight is 368 g/mol. The fraction of sp³-hybridized carbons (Fsp3) is 0.250. The minimum Gasteiger partial charge on any atom is -0.380 e. The van der Waals surface area contributed by atoms with E-state index in [-0.39, 0.29) is 11.9 Å². The molecule has 0 spiro atoms. The summed E-state index contributed by atoms with van der Waals surface area (Å²) in [6.45, 7) is 1.12. The van der Waals surface area contributed by atoms with Crippen molar-refractivity contribution in [2.75, 3.05) is 18.4 Å². The molecule has 4 rings (SSSR count). The number of hydrogen-bond donors (Lipinski definition) is 1. The van der Waals surface area contributed by atoms with E-state index in [0.29, 0.717) is 35.4 Å². The van der Waals surface area contributed by atoms with Gasteiger partial charge in [-0.05, 0) is 37.1 Å². The number of hydrogen-bond acceptors (Lipinski definition) is 4. The lowest BCUT2D eigenvalue weighted by atomic mass is 10.0. The maximum atomic E-state index is 13.4. The van der Waals surface area contributed by atoms with E-state index in [9.17, 15) is 13.6 Å². The van der Waals surface area contributed by atoms with Crippen molar-refractivity contribution in [1.29, 1.82) is 0 Å². The number of carbonyl (C=O) groups is 1. The fourth-order valence-electron chi connectivity index (χ4n) is 3.44. The van der Waals surface area contributed by atoms with Gasteiger partial charge in [-0.3, -0.25) is 14.8 Å². The molecule has 2 heterocycles. The molecule has 138 valence electrons. The second-order valence-corrected chi connectivity index (χ2v) is 6.59. The van der Waals surface area contributed by atoms with Crippen molar-refractivity contribution in [2.45, 2.75) is 18.9 Å². The summed E-state index contributed by atoms with van der Waals surface area (Å²) in [4.78, 5) is 23.3. The highest BCUT2D eigenvalue weighted by atomic mass is 19.2. The quantitative estimate of drug-likeness (QED) is 0.767. The predicted octanol–water partition coefficient (Wildman–Crippen LogP) is 3.62. The molecule has 5 nitrogen and oxygen atoms in total. The summed E-state index contributed by atoms with van der Waals surface area (Å²) in [5, 5.41) is 3.19. The van der Waals surface area contributed by atoms with Crippen LogP contribution < -0.4 is 5.32 Å². The van der Waals surface area contributed by atoms with Crippen molar-refractivity contribution < 1.29 is 13.6 Å². The summed E-state index contributed by atoms with van der Waals surface area (Å²) in [6, 6.07) is 9.07. The smallest absolute Gasteiger partial charge is 0.256 e. The van der Waals surface area contributed by atoms with Crippen molar-refractivity contribution >= 4 is 22.6 Å². The Morgan fingerprint density at radius 3 is 2.81 bits per heavy atom. The monoisotopic (exact) mass is 368 g/mol. The van der Waals surface area contributed by atoms with E-state index in [2.05, 4.69) is 15.3 Å². The molecule has 27 heavy (non-hydrogen) atoms. The molecule has 1 N–H and O–H groups in total. The highest BCUT2D eigenvalue weighted by molar-refractivity contribution is 6.04. The van der Waals surface area contributed by atoms with Crippen LogP contribution in [-0.2, 0) is 0 Å². The van der Waals surface area contributed by atoms with Gasteiger partial charge in [-0.15, -0.1) is 0 Å². The van der Waals surface area contributed by atoms with E-state index >= 15 is 0 Å². The Morgan fingerprint density at radius 2 is 1.96 bits per heavy atom. The summed E-state index contributed by atoms with van der Waals surface area (Å²) in [7, 11) is 0. The molecule has 0 unspecified atom stereocenters. The molecule has 1 aliphatic rings. The number of anilines is 1. The van der Waals surface area contributed by atoms with Gasteiger partial charge in [0.25, 0.3) is 5.91 Å². The molecule has 1 aromatic heterocycles. The number of nitrogens with zero attached hydrogens (tertiary/aromatic N) is 3. The molecular weight excluding hydrogens is 350 g/mol. The molecule has 1 atom stereocenters. The lowest BCUT2D eigenvalue weighted by Crippen LogP contribution is -2.45. The zero-order valence-corrected chi connectivity index (χ0v) is 14.5. The first-order chi connectivity index (χ1) is 13.1. The van der Waals surface area contributed by atoms with E-state index in [4.69, 9.17) is 0 Å². The first-order valence-electron chi connectivity index (χ1n) is 8.82. The number of fused-ring (bicyclic) bond motifs is 1. The van der Waals surface area contributed by atoms with E-state index in [1.807, 2.05) is 6.07 Å². The molecule has 0 bridgehead atoms. The minimum atomic E-state index is -0.891. The standard InChI is InChI=1S/C20H18F2N4O/c21-16-7-6-13(11-17(16)22)25-14-3-2-10-26(12-14)20(27)15-4-1-5-18-19(15)24-9-8-23-18/h1,4-9,11,14,25H,2-3,10,12H2/t14-/m0/s1. The molecule has 7 heteroatoms. The van der Waals surface area contributed by atoms with Gasteiger partial charge in [-0.25, -0.2) is 8.78 Å². The normalized spacial score (nSPS) is 17.1. The third kappa shape index (κ3) is 3.58. The van der Waals surface area contributed by atoms with E-state index in [0.717, 1.165) is 25.0 Å². The largest absolute Gasteiger partial charge is 0.380 e. The van der Waals surface area contributed by atoms with E-state index in [1.54, 1.807) is 29.4 Å². The maximum Gasteiger partial charge on any atom is 0.256 e. The first kappa shape index (κ1) is 17.3. The Bertz CT molecular complexity index is 989. The van der Waals surface area contributed by atoms with Gasteiger partial charge in [0.05, 0.1) is 11.1 Å². The molecule has 1 saturated heterocycles. The van der Waals surface area contributed by atoms with Crippen LogP contribution in [0.25, 0.3) is 11.0 Å². The molecule has 1 aliphatic heterocycles. The van der Waals surface area contributed by atoms with E-state index in [1.165, 1.54) is 6.07 Å². The number of likely N-dealkylation sites (tertiary alicyclic amines) is 1. The molecule has 3 aromatic rings.